The molecule has 0 bridgehead atoms. The summed E-state index contributed by atoms with van der Waals surface area (Å²) < 4.78 is 1.34. The predicted octanol–water partition coefficient (Wildman–Crippen LogP) is -0.0126. The molecule has 0 saturated carbocycles. The average Bonchev–Trinajstić information content (AvgIpc) is 2.91. The third-order valence-electron chi connectivity index (χ3n) is 2.11. The summed E-state index contributed by atoms with van der Waals surface area (Å²) in [6.07, 6.45) is 3.32. The third-order valence-corrected chi connectivity index (χ3v) is 2.11. The molecule has 0 aliphatic heterocycles. The van der Waals surface area contributed by atoms with Crippen molar-refractivity contribution in [1.29, 1.82) is 0 Å². The van der Waals surface area contributed by atoms with Gasteiger partial charge >= 0.3 is 0 Å². The number of aryl methyl sites for hydroxylation is 1. The number of nitrogens with one attached hydrogen (secondary N) is 2. The van der Waals surface area contributed by atoms with E-state index in [9.17, 15) is 4.79 Å². The Balaban J connectivity index is 1.89. The number of anilines is 1. The van der Waals surface area contributed by atoms with Crippen molar-refractivity contribution in [2.75, 3.05) is 5.32 Å². The van der Waals surface area contributed by atoms with E-state index in [2.05, 4.69) is 38.0 Å². The minimum Gasteiger partial charge on any atom is -0.308 e. The predicted molar refractivity (Wildman–Crippen MR) is 59.0 cm³/mol. The summed E-state index contributed by atoms with van der Waals surface area (Å²) in [7, 11) is 0. The highest BCUT2D eigenvalue weighted by atomic mass is 16.2. The maximum absolute atomic E-state index is 11.6. The summed E-state index contributed by atoms with van der Waals surface area (Å²) in [5.41, 5.74) is 1.00. The number of hydrogen-bond donors (Lipinski definition) is 2. The van der Waals surface area contributed by atoms with Gasteiger partial charge in [0.05, 0.1) is 0 Å². The van der Waals surface area contributed by atoms with Gasteiger partial charge < -0.3 is 5.32 Å². The van der Waals surface area contributed by atoms with Gasteiger partial charge in [-0.1, -0.05) is 13.3 Å². The number of rotatable bonds is 5. The van der Waals surface area contributed by atoms with Crippen LogP contribution >= 0.6 is 0 Å². The van der Waals surface area contributed by atoms with E-state index >= 15 is 0 Å². The smallest absolute Gasteiger partial charge is 0.247 e. The van der Waals surface area contributed by atoms with Gasteiger partial charge in [-0.15, -0.1) is 5.10 Å². The third kappa shape index (κ3) is 3.10. The first-order chi connectivity index (χ1) is 8.28. The van der Waals surface area contributed by atoms with Gasteiger partial charge in [-0.05, 0) is 16.8 Å². The normalized spacial score (nSPS) is 10.4. The number of H-pyrrole nitrogens is 1. The second-order valence-corrected chi connectivity index (χ2v) is 3.58. The molecule has 8 nitrogen and oxygen atoms in total. The summed E-state index contributed by atoms with van der Waals surface area (Å²) >= 11 is 0. The molecule has 2 heterocycles. The molecule has 90 valence electrons. The molecule has 0 saturated heterocycles. The topological polar surface area (TPSA) is 101 Å². The van der Waals surface area contributed by atoms with Crippen molar-refractivity contribution in [2.45, 2.75) is 26.3 Å². The molecule has 0 aliphatic rings. The van der Waals surface area contributed by atoms with Crippen molar-refractivity contribution >= 4 is 11.7 Å². The molecule has 8 heteroatoms. The van der Waals surface area contributed by atoms with Crippen molar-refractivity contribution in [1.82, 2.24) is 30.4 Å². The number of nitrogens with zero attached hydrogens (tertiary/aromatic N) is 5. The van der Waals surface area contributed by atoms with Crippen LogP contribution in [0.25, 0.3) is 0 Å². The van der Waals surface area contributed by atoms with Gasteiger partial charge in [-0.2, -0.15) is 5.10 Å². The second-order valence-electron chi connectivity index (χ2n) is 3.58. The standard InChI is InChI=1S/C9H13N7O/c1-2-3-7-4-8(13-12-7)11-9(17)5-16-6-10-14-15-16/h4,6H,2-3,5H2,1H3,(H2,11,12,13,17). The zero-order valence-electron chi connectivity index (χ0n) is 9.42. The quantitative estimate of drug-likeness (QED) is 0.758. The highest BCUT2D eigenvalue weighted by molar-refractivity contribution is 5.89. The fraction of sp³-hybridized carbons (Fsp3) is 0.444. The molecule has 0 aliphatic carbocycles. The molecular weight excluding hydrogens is 222 g/mol. The Morgan fingerprint density at radius 2 is 2.47 bits per heavy atom. The zero-order valence-corrected chi connectivity index (χ0v) is 9.42. The van der Waals surface area contributed by atoms with Gasteiger partial charge in [0.1, 0.15) is 12.9 Å². The Hall–Kier alpha value is -2.25. The number of amides is 1. The van der Waals surface area contributed by atoms with Gasteiger partial charge in [0.2, 0.25) is 5.91 Å². The lowest BCUT2D eigenvalue weighted by Crippen LogP contribution is -2.19. The van der Waals surface area contributed by atoms with Crippen molar-refractivity contribution in [2.24, 2.45) is 0 Å². The molecule has 17 heavy (non-hydrogen) atoms. The van der Waals surface area contributed by atoms with E-state index in [1.807, 2.05) is 6.07 Å². The van der Waals surface area contributed by atoms with Gasteiger partial charge in [0.15, 0.2) is 5.82 Å². The van der Waals surface area contributed by atoms with E-state index in [1.54, 1.807) is 0 Å². The number of aromatic amines is 1. The van der Waals surface area contributed by atoms with E-state index in [0.29, 0.717) is 5.82 Å². The Labute approximate surface area is 97.4 Å². The fourth-order valence-corrected chi connectivity index (χ4v) is 1.41. The summed E-state index contributed by atoms with van der Waals surface area (Å²) in [6.45, 7) is 2.15. The Bertz CT molecular complexity index is 475. The zero-order chi connectivity index (χ0) is 12.1. The molecule has 2 aromatic rings. The second kappa shape index (κ2) is 5.19. The van der Waals surface area contributed by atoms with Crippen LogP contribution < -0.4 is 5.32 Å². The van der Waals surface area contributed by atoms with E-state index in [0.717, 1.165) is 18.5 Å². The van der Waals surface area contributed by atoms with Crippen LogP contribution in [0, 0.1) is 0 Å². The fourth-order valence-electron chi connectivity index (χ4n) is 1.41. The van der Waals surface area contributed by atoms with Crippen LogP contribution in [0.4, 0.5) is 5.82 Å². The molecule has 0 unspecified atom stereocenters. The number of tetrazole rings is 1. The first-order valence-corrected chi connectivity index (χ1v) is 5.33. The number of carbonyl (C=O) groups is 1. The van der Waals surface area contributed by atoms with Crippen LogP contribution in [0.15, 0.2) is 12.4 Å². The minimum atomic E-state index is -0.216. The van der Waals surface area contributed by atoms with E-state index < -0.39 is 0 Å². The largest absolute Gasteiger partial charge is 0.308 e. The molecule has 0 fully saturated rings. The minimum absolute atomic E-state index is 0.0724. The van der Waals surface area contributed by atoms with Crippen molar-refractivity contribution in [3.63, 3.8) is 0 Å². The number of carbonyl (C=O) groups excluding carboxylic acids is 1. The van der Waals surface area contributed by atoms with Crippen LogP contribution in [0.3, 0.4) is 0 Å². The highest BCUT2D eigenvalue weighted by Crippen LogP contribution is 2.07. The van der Waals surface area contributed by atoms with Crippen LogP contribution in [0.1, 0.15) is 19.0 Å². The molecule has 0 atom stereocenters. The average molecular weight is 235 g/mol. The molecular formula is C9H13N7O. The highest BCUT2D eigenvalue weighted by Gasteiger charge is 2.07. The molecule has 0 radical (unpaired) electrons. The lowest BCUT2D eigenvalue weighted by Gasteiger charge is -1.99. The van der Waals surface area contributed by atoms with Gasteiger partial charge in [0, 0.05) is 11.8 Å². The first kappa shape index (κ1) is 11.2. The summed E-state index contributed by atoms with van der Waals surface area (Å²) in [4.78, 5) is 11.6. The molecule has 2 aromatic heterocycles. The number of hydrogen-bond acceptors (Lipinski definition) is 5. The monoisotopic (exact) mass is 235 g/mol. The Morgan fingerprint density at radius 3 is 3.18 bits per heavy atom. The van der Waals surface area contributed by atoms with Gasteiger partial charge in [-0.25, -0.2) is 4.68 Å². The summed E-state index contributed by atoms with van der Waals surface area (Å²) in [6, 6.07) is 1.82. The maximum atomic E-state index is 11.6. The summed E-state index contributed by atoms with van der Waals surface area (Å²) in [5, 5.41) is 20.0. The molecule has 2 N–H and O–H groups in total. The van der Waals surface area contributed by atoms with Crippen LogP contribution in [-0.2, 0) is 17.8 Å². The van der Waals surface area contributed by atoms with Gasteiger partial charge in [-0.3, -0.25) is 9.89 Å². The molecule has 1 amide bonds. The van der Waals surface area contributed by atoms with Crippen molar-refractivity contribution in [3.05, 3.63) is 18.1 Å². The lowest BCUT2D eigenvalue weighted by molar-refractivity contribution is -0.116. The Morgan fingerprint density at radius 1 is 1.59 bits per heavy atom. The lowest BCUT2D eigenvalue weighted by atomic mass is 10.2. The maximum Gasteiger partial charge on any atom is 0.247 e. The van der Waals surface area contributed by atoms with Gasteiger partial charge in [0.25, 0.3) is 0 Å². The molecule has 2 rings (SSSR count). The SMILES string of the molecule is CCCc1cc(NC(=O)Cn2cnnn2)n[nH]1. The summed E-state index contributed by atoms with van der Waals surface area (Å²) in [5.74, 6) is 0.304. The van der Waals surface area contributed by atoms with E-state index in [4.69, 9.17) is 0 Å². The van der Waals surface area contributed by atoms with E-state index in [-0.39, 0.29) is 12.5 Å². The molecule has 0 spiro atoms. The van der Waals surface area contributed by atoms with Crippen LogP contribution in [0.5, 0.6) is 0 Å². The first-order valence-electron chi connectivity index (χ1n) is 5.33. The number of aromatic nitrogens is 6. The van der Waals surface area contributed by atoms with Crippen LogP contribution in [-0.4, -0.2) is 36.3 Å². The van der Waals surface area contributed by atoms with Crippen molar-refractivity contribution in [3.8, 4) is 0 Å². The van der Waals surface area contributed by atoms with E-state index in [1.165, 1.54) is 11.0 Å². The Kier molecular flexibility index (Phi) is 3.43. The van der Waals surface area contributed by atoms with Crippen LogP contribution in [0.2, 0.25) is 0 Å². The molecule has 0 aromatic carbocycles. The van der Waals surface area contributed by atoms with Crippen molar-refractivity contribution < 1.29 is 4.79 Å².